The molecular formula is C20H20N2O2. The first-order chi connectivity index (χ1) is 11.6. The summed E-state index contributed by atoms with van der Waals surface area (Å²) >= 11 is 0. The molecule has 0 unspecified atom stereocenters. The lowest BCUT2D eigenvalue weighted by atomic mass is 10.1. The molecule has 122 valence electrons. The van der Waals surface area contributed by atoms with Crippen molar-refractivity contribution in [1.82, 2.24) is 4.98 Å². The van der Waals surface area contributed by atoms with E-state index >= 15 is 0 Å². The lowest BCUT2D eigenvalue weighted by Gasteiger charge is -2.10. The number of aryl methyl sites for hydroxylation is 3. The lowest BCUT2D eigenvalue weighted by Crippen LogP contribution is -2.14. The molecule has 3 rings (SSSR count). The zero-order valence-electron chi connectivity index (χ0n) is 13.9. The molecule has 0 radical (unpaired) electrons. The molecule has 3 aromatic rings. The van der Waals surface area contributed by atoms with E-state index in [2.05, 4.69) is 10.3 Å². The molecule has 0 aliphatic rings. The molecule has 0 bridgehead atoms. The average Bonchev–Trinajstić information content (AvgIpc) is 3.06. The first kappa shape index (κ1) is 16.0. The van der Waals surface area contributed by atoms with Gasteiger partial charge in [0.15, 0.2) is 11.7 Å². The van der Waals surface area contributed by atoms with Crippen molar-refractivity contribution in [3.05, 3.63) is 71.7 Å². The van der Waals surface area contributed by atoms with Gasteiger partial charge in [-0.25, -0.2) is 4.98 Å². The van der Waals surface area contributed by atoms with Crippen LogP contribution in [0.15, 0.2) is 59.1 Å². The molecule has 24 heavy (non-hydrogen) atoms. The van der Waals surface area contributed by atoms with E-state index in [-0.39, 0.29) is 5.91 Å². The predicted molar refractivity (Wildman–Crippen MR) is 94.8 cm³/mol. The normalized spacial score (nSPS) is 10.6. The number of aromatic nitrogens is 1. The summed E-state index contributed by atoms with van der Waals surface area (Å²) in [5.41, 5.74) is 3.99. The highest BCUT2D eigenvalue weighted by molar-refractivity contribution is 5.92. The Morgan fingerprint density at radius 3 is 2.46 bits per heavy atom. The van der Waals surface area contributed by atoms with E-state index in [4.69, 9.17) is 4.42 Å². The van der Waals surface area contributed by atoms with Crippen LogP contribution >= 0.6 is 0 Å². The number of nitrogens with one attached hydrogen (secondary N) is 1. The van der Waals surface area contributed by atoms with Crippen LogP contribution in [0.3, 0.4) is 0 Å². The highest BCUT2D eigenvalue weighted by atomic mass is 16.4. The number of carbonyl (C=O) groups excluding carboxylic acids is 1. The molecule has 1 amide bonds. The van der Waals surface area contributed by atoms with Gasteiger partial charge in [-0.2, -0.15) is 0 Å². The second kappa shape index (κ2) is 7.13. The predicted octanol–water partition coefficient (Wildman–Crippen LogP) is 4.53. The average molecular weight is 320 g/mol. The van der Waals surface area contributed by atoms with E-state index in [0.717, 1.165) is 28.1 Å². The Morgan fingerprint density at radius 1 is 1.04 bits per heavy atom. The van der Waals surface area contributed by atoms with Crippen molar-refractivity contribution in [3.8, 4) is 11.3 Å². The molecule has 1 aromatic heterocycles. The van der Waals surface area contributed by atoms with Crippen LogP contribution in [0.1, 0.15) is 23.4 Å². The number of hydrogen-bond acceptors (Lipinski definition) is 3. The summed E-state index contributed by atoms with van der Waals surface area (Å²) in [5.74, 6) is 1.26. The highest BCUT2D eigenvalue weighted by Crippen LogP contribution is 2.21. The van der Waals surface area contributed by atoms with Gasteiger partial charge in [-0.05, 0) is 25.0 Å². The zero-order valence-corrected chi connectivity index (χ0v) is 13.9. The third kappa shape index (κ3) is 3.71. The summed E-state index contributed by atoms with van der Waals surface area (Å²) in [5, 5.41) is 2.98. The smallest absolute Gasteiger partial charge is 0.224 e. The minimum absolute atomic E-state index is 0.0353. The maximum atomic E-state index is 12.2. The van der Waals surface area contributed by atoms with Crippen molar-refractivity contribution in [2.45, 2.75) is 26.7 Å². The van der Waals surface area contributed by atoms with Crippen LogP contribution in [-0.2, 0) is 11.2 Å². The number of para-hydroxylation sites is 1. The number of amides is 1. The molecule has 4 nitrogen and oxygen atoms in total. The Morgan fingerprint density at radius 2 is 1.75 bits per heavy atom. The Labute approximate surface area is 141 Å². The summed E-state index contributed by atoms with van der Waals surface area (Å²) < 4.78 is 5.73. The first-order valence-corrected chi connectivity index (χ1v) is 7.99. The van der Waals surface area contributed by atoms with E-state index < -0.39 is 0 Å². The summed E-state index contributed by atoms with van der Waals surface area (Å²) in [4.78, 5) is 16.4. The minimum Gasteiger partial charge on any atom is -0.441 e. The van der Waals surface area contributed by atoms with Crippen molar-refractivity contribution < 1.29 is 9.21 Å². The summed E-state index contributed by atoms with van der Waals surface area (Å²) in [6.45, 7) is 3.98. The Balaban J connectivity index is 1.60. The molecule has 0 aliphatic heterocycles. The molecule has 1 N–H and O–H groups in total. The van der Waals surface area contributed by atoms with Crippen molar-refractivity contribution in [2.75, 3.05) is 5.32 Å². The van der Waals surface area contributed by atoms with E-state index in [1.54, 1.807) is 6.20 Å². The van der Waals surface area contributed by atoms with Crippen LogP contribution in [0.4, 0.5) is 5.69 Å². The third-order valence-electron chi connectivity index (χ3n) is 3.92. The summed E-state index contributed by atoms with van der Waals surface area (Å²) in [6.07, 6.45) is 2.51. The second-order valence-corrected chi connectivity index (χ2v) is 5.80. The number of hydrogen-bond donors (Lipinski definition) is 1. The molecule has 1 heterocycles. The maximum Gasteiger partial charge on any atom is 0.224 e. The largest absolute Gasteiger partial charge is 0.441 e. The van der Waals surface area contributed by atoms with E-state index in [1.807, 2.05) is 62.4 Å². The van der Waals surface area contributed by atoms with Crippen molar-refractivity contribution in [1.29, 1.82) is 0 Å². The van der Waals surface area contributed by atoms with Gasteiger partial charge in [0, 0.05) is 24.1 Å². The van der Waals surface area contributed by atoms with Gasteiger partial charge in [0.2, 0.25) is 5.91 Å². The van der Waals surface area contributed by atoms with E-state index in [9.17, 15) is 4.79 Å². The summed E-state index contributed by atoms with van der Waals surface area (Å²) in [7, 11) is 0. The fourth-order valence-corrected chi connectivity index (χ4v) is 2.60. The second-order valence-electron chi connectivity index (χ2n) is 5.80. The van der Waals surface area contributed by atoms with Gasteiger partial charge in [0.05, 0.1) is 6.20 Å². The van der Waals surface area contributed by atoms with Gasteiger partial charge in [0.1, 0.15) is 0 Å². The SMILES string of the molecule is Cc1cccc(C)c1NC(=O)CCc1ncc(-c2ccccc2)o1. The van der Waals surface area contributed by atoms with Crippen LogP contribution in [0, 0.1) is 13.8 Å². The quantitative estimate of drug-likeness (QED) is 0.751. The van der Waals surface area contributed by atoms with Crippen molar-refractivity contribution in [3.63, 3.8) is 0 Å². The Hall–Kier alpha value is -2.88. The van der Waals surface area contributed by atoms with Crippen LogP contribution in [0.25, 0.3) is 11.3 Å². The molecule has 0 fully saturated rings. The standard InChI is InChI=1S/C20H20N2O2/c1-14-7-6-8-15(2)20(14)22-18(23)11-12-19-21-13-17(24-19)16-9-4-3-5-10-16/h3-10,13H,11-12H2,1-2H3,(H,22,23). The van der Waals surface area contributed by atoms with Crippen LogP contribution in [0.2, 0.25) is 0 Å². The number of carbonyl (C=O) groups is 1. The number of rotatable bonds is 5. The molecule has 4 heteroatoms. The minimum atomic E-state index is -0.0353. The Bertz CT molecular complexity index is 818. The number of anilines is 1. The van der Waals surface area contributed by atoms with E-state index in [1.165, 1.54) is 0 Å². The van der Waals surface area contributed by atoms with Crippen LogP contribution < -0.4 is 5.32 Å². The van der Waals surface area contributed by atoms with Gasteiger partial charge >= 0.3 is 0 Å². The van der Waals surface area contributed by atoms with E-state index in [0.29, 0.717) is 18.7 Å². The summed E-state index contributed by atoms with van der Waals surface area (Å²) in [6, 6.07) is 15.8. The molecule has 2 aromatic carbocycles. The number of benzene rings is 2. The molecule has 0 saturated carbocycles. The fourth-order valence-electron chi connectivity index (χ4n) is 2.60. The Kier molecular flexibility index (Phi) is 4.75. The molecule has 0 atom stereocenters. The number of nitrogens with zero attached hydrogens (tertiary/aromatic N) is 1. The molecular weight excluding hydrogens is 300 g/mol. The van der Waals surface area contributed by atoms with Crippen molar-refractivity contribution in [2.24, 2.45) is 0 Å². The monoisotopic (exact) mass is 320 g/mol. The van der Waals surface area contributed by atoms with Gasteiger partial charge in [-0.1, -0.05) is 48.5 Å². The zero-order chi connectivity index (χ0) is 16.9. The van der Waals surface area contributed by atoms with Gasteiger partial charge in [-0.15, -0.1) is 0 Å². The van der Waals surface area contributed by atoms with Crippen molar-refractivity contribution >= 4 is 11.6 Å². The maximum absolute atomic E-state index is 12.2. The molecule has 0 spiro atoms. The topological polar surface area (TPSA) is 55.1 Å². The number of oxazole rings is 1. The molecule has 0 aliphatic carbocycles. The van der Waals surface area contributed by atoms with Crippen LogP contribution in [0.5, 0.6) is 0 Å². The fraction of sp³-hybridized carbons (Fsp3) is 0.200. The third-order valence-corrected chi connectivity index (χ3v) is 3.92. The first-order valence-electron chi connectivity index (χ1n) is 7.99. The van der Waals surface area contributed by atoms with Gasteiger partial charge in [0.25, 0.3) is 0 Å². The lowest BCUT2D eigenvalue weighted by molar-refractivity contribution is -0.116. The molecule has 0 saturated heterocycles. The van der Waals surface area contributed by atoms with Crippen LogP contribution in [-0.4, -0.2) is 10.9 Å². The van der Waals surface area contributed by atoms with Gasteiger partial charge < -0.3 is 9.73 Å². The van der Waals surface area contributed by atoms with Gasteiger partial charge in [-0.3, -0.25) is 4.79 Å². The highest BCUT2D eigenvalue weighted by Gasteiger charge is 2.11.